The fraction of sp³-hybridized carbons (Fsp3) is 0.667. The molecule has 0 aromatic heterocycles. The Labute approximate surface area is 185 Å². The van der Waals surface area contributed by atoms with Gasteiger partial charge in [0.05, 0.1) is 7.11 Å². The number of ether oxygens (including phenoxy) is 1. The molecule has 1 heterocycles. The third kappa shape index (κ3) is 7.39. The van der Waals surface area contributed by atoms with Gasteiger partial charge in [0.2, 0.25) is 0 Å². The van der Waals surface area contributed by atoms with Gasteiger partial charge in [-0.2, -0.15) is 0 Å². The Bertz CT molecular complexity index is 631. The maximum Gasteiger partial charge on any atom is 0.191 e. The summed E-state index contributed by atoms with van der Waals surface area (Å²) in [6.07, 6.45) is 7.56. The Kier molecular flexibility index (Phi) is 9.77. The first-order chi connectivity index (χ1) is 13.2. The predicted octanol–water partition coefficient (Wildman–Crippen LogP) is 3.77. The molecule has 0 atom stereocenters. The molecule has 1 aromatic rings. The molecular weight excluding hydrogens is 470 g/mol. The summed E-state index contributed by atoms with van der Waals surface area (Å²) in [5.74, 6) is 1.92. The number of rotatable bonds is 8. The van der Waals surface area contributed by atoms with Crippen molar-refractivity contribution in [3.05, 3.63) is 29.6 Å². The Balaban J connectivity index is 0.00000280. The Morgan fingerprint density at radius 1 is 1.25 bits per heavy atom. The second kappa shape index (κ2) is 11.8. The van der Waals surface area contributed by atoms with Crippen molar-refractivity contribution in [3.63, 3.8) is 0 Å². The summed E-state index contributed by atoms with van der Waals surface area (Å²) in [5, 5.41) is 6.99. The van der Waals surface area contributed by atoms with Crippen molar-refractivity contribution in [2.75, 3.05) is 33.8 Å². The summed E-state index contributed by atoms with van der Waals surface area (Å²) in [6, 6.07) is 5.68. The molecule has 5 nitrogen and oxygen atoms in total. The van der Waals surface area contributed by atoms with E-state index in [-0.39, 0.29) is 29.8 Å². The summed E-state index contributed by atoms with van der Waals surface area (Å²) in [4.78, 5) is 6.73. The zero-order chi connectivity index (χ0) is 19.1. The van der Waals surface area contributed by atoms with Crippen molar-refractivity contribution in [1.29, 1.82) is 0 Å². The second-order valence-corrected chi connectivity index (χ2v) is 7.75. The first-order valence-corrected chi connectivity index (χ1v) is 10.2. The van der Waals surface area contributed by atoms with E-state index in [0.29, 0.717) is 11.8 Å². The number of piperidine rings is 1. The molecule has 2 N–H and O–H groups in total. The molecule has 1 aliphatic heterocycles. The van der Waals surface area contributed by atoms with E-state index in [1.165, 1.54) is 32.8 Å². The minimum Gasteiger partial charge on any atom is -0.494 e. The zero-order valence-electron chi connectivity index (χ0n) is 17.0. The van der Waals surface area contributed by atoms with Crippen LogP contribution in [0.1, 0.15) is 44.1 Å². The van der Waals surface area contributed by atoms with Gasteiger partial charge in [0.1, 0.15) is 0 Å². The lowest BCUT2D eigenvalue weighted by Crippen LogP contribution is -2.48. The summed E-state index contributed by atoms with van der Waals surface area (Å²) in [7, 11) is 3.33. The van der Waals surface area contributed by atoms with Gasteiger partial charge in [-0.3, -0.25) is 9.89 Å². The molecule has 0 bridgehead atoms. The van der Waals surface area contributed by atoms with Crippen molar-refractivity contribution in [2.45, 2.75) is 51.1 Å². The van der Waals surface area contributed by atoms with E-state index >= 15 is 0 Å². The standard InChI is InChI=1S/C21H33FN4O.HI/c1-23-21(24-11-3-4-16-5-6-16)25-18-9-12-26(13-10-18)15-17-7-8-20(27-2)19(22)14-17;/h7-8,14,16,18H,3-6,9-13,15H2,1-2H3,(H2,23,24,25);1H. The average Bonchev–Trinajstić information content (AvgIpc) is 3.50. The number of guanidine groups is 1. The topological polar surface area (TPSA) is 48.9 Å². The van der Waals surface area contributed by atoms with Crippen LogP contribution in [-0.4, -0.2) is 50.7 Å². The van der Waals surface area contributed by atoms with Gasteiger partial charge in [-0.25, -0.2) is 4.39 Å². The fourth-order valence-electron chi connectivity index (χ4n) is 3.69. The van der Waals surface area contributed by atoms with Crippen molar-refractivity contribution in [1.82, 2.24) is 15.5 Å². The maximum absolute atomic E-state index is 13.9. The Morgan fingerprint density at radius 2 is 2.00 bits per heavy atom. The summed E-state index contributed by atoms with van der Waals surface area (Å²) >= 11 is 0. The number of likely N-dealkylation sites (tertiary alicyclic amines) is 1. The first kappa shape index (κ1) is 23.2. The number of hydrogen-bond donors (Lipinski definition) is 2. The highest BCUT2D eigenvalue weighted by Crippen LogP contribution is 2.33. The van der Waals surface area contributed by atoms with Crippen LogP contribution in [0.5, 0.6) is 5.75 Å². The molecule has 0 radical (unpaired) electrons. The molecule has 1 aliphatic carbocycles. The summed E-state index contributed by atoms with van der Waals surface area (Å²) in [6.45, 7) is 3.79. The van der Waals surface area contributed by atoms with Crippen LogP contribution in [0.2, 0.25) is 0 Å². The van der Waals surface area contributed by atoms with Gasteiger partial charge in [0.25, 0.3) is 0 Å². The number of methoxy groups -OCH3 is 1. The van der Waals surface area contributed by atoms with Crippen LogP contribution in [0.4, 0.5) is 4.39 Å². The lowest BCUT2D eigenvalue weighted by molar-refractivity contribution is 0.198. The third-order valence-electron chi connectivity index (χ3n) is 5.55. The van der Waals surface area contributed by atoms with Crippen LogP contribution in [0.25, 0.3) is 0 Å². The summed E-state index contributed by atoms with van der Waals surface area (Å²) < 4.78 is 18.8. The first-order valence-electron chi connectivity index (χ1n) is 10.2. The van der Waals surface area contributed by atoms with Gasteiger partial charge in [0.15, 0.2) is 17.5 Å². The lowest BCUT2D eigenvalue weighted by Gasteiger charge is -2.33. The minimum atomic E-state index is -0.289. The number of benzene rings is 1. The molecule has 1 aromatic carbocycles. The molecular formula is C21H34FIN4O. The van der Waals surface area contributed by atoms with Gasteiger partial charge >= 0.3 is 0 Å². The number of hydrogen-bond acceptors (Lipinski definition) is 3. The van der Waals surface area contributed by atoms with Crippen molar-refractivity contribution in [3.8, 4) is 5.75 Å². The molecule has 1 saturated carbocycles. The molecule has 7 heteroatoms. The SMILES string of the molecule is CN=C(NCCCC1CC1)NC1CCN(Cc2ccc(OC)c(F)c2)CC1.I. The highest BCUT2D eigenvalue weighted by Gasteiger charge is 2.21. The van der Waals surface area contributed by atoms with Crippen LogP contribution in [0, 0.1) is 11.7 Å². The van der Waals surface area contributed by atoms with Crippen molar-refractivity contribution >= 4 is 29.9 Å². The monoisotopic (exact) mass is 504 g/mol. The number of aliphatic imine (C=N–C) groups is 1. The van der Waals surface area contributed by atoms with E-state index in [1.807, 2.05) is 13.1 Å². The molecule has 2 fully saturated rings. The number of halogens is 2. The smallest absolute Gasteiger partial charge is 0.191 e. The van der Waals surface area contributed by atoms with Crippen LogP contribution in [0.15, 0.2) is 23.2 Å². The Hall–Kier alpha value is -1.09. The number of nitrogens with zero attached hydrogens (tertiary/aromatic N) is 2. The normalized spacial score (nSPS) is 18.5. The van der Waals surface area contributed by atoms with E-state index < -0.39 is 0 Å². The highest BCUT2D eigenvalue weighted by molar-refractivity contribution is 14.0. The molecule has 3 rings (SSSR count). The molecule has 1 saturated heterocycles. The van der Waals surface area contributed by atoms with Gasteiger partial charge in [0, 0.05) is 39.3 Å². The van der Waals surface area contributed by atoms with Crippen molar-refractivity contribution < 1.29 is 9.13 Å². The fourth-order valence-corrected chi connectivity index (χ4v) is 3.69. The Morgan fingerprint density at radius 3 is 2.61 bits per heavy atom. The van der Waals surface area contributed by atoms with Crippen molar-refractivity contribution in [2.24, 2.45) is 10.9 Å². The van der Waals surface area contributed by atoms with E-state index in [2.05, 4.69) is 20.5 Å². The average molecular weight is 504 g/mol. The number of nitrogens with one attached hydrogen (secondary N) is 2. The van der Waals surface area contributed by atoms with Crippen LogP contribution in [0.3, 0.4) is 0 Å². The molecule has 2 aliphatic rings. The van der Waals surface area contributed by atoms with E-state index in [1.54, 1.807) is 12.1 Å². The van der Waals surface area contributed by atoms with Gasteiger partial charge in [-0.1, -0.05) is 18.9 Å². The quantitative estimate of drug-likeness (QED) is 0.245. The molecule has 0 amide bonds. The molecule has 28 heavy (non-hydrogen) atoms. The second-order valence-electron chi connectivity index (χ2n) is 7.75. The van der Waals surface area contributed by atoms with E-state index in [4.69, 9.17) is 4.74 Å². The van der Waals surface area contributed by atoms with Crippen LogP contribution >= 0.6 is 24.0 Å². The van der Waals surface area contributed by atoms with Gasteiger partial charge < -0.3 is 15.4 Å². The predicted molar refractivity (Wildman–Crippen MR) is 123 cm³/mol. The molecule has 0 spiro atoms. The summed E-state index contributed by atoms with van der Waals surface area (Å²) in [5.41, 5.74) is 0.993. The third-order valence-corrected chi connectivity index (χ3v) is 5.55. The van der Waals surface area contributed by atoms with Crippen LogP contribution in [-0.2, 0) is 6.54 Å². The highest BCUT2D eigenvalue weighted by atomic mass is 127. The largest absolute Gasteiger partial charge is 0.494 e. The maximum atomic E-state index is 13.9. The van der Waals surface area contributed by atoms with Gasteiger partial charge in [-0.05, 0) is 49.3 Å². The van der Waals surface area contributed by atoms with E-state index in [0.717, 1.165) is 56.5 Å². The van der Waals surface area contributed by atoms with Crippen LogP contribution < -0.4 is 15.4 Å². The van der Waals surface area contributed by atoms with Gasteiger partial charge in [-0.15, -0.1) is 24.0 Å². The van der Waals surface area contributed by atoms with E-state index in [9.17, 15) is 4.39 Å². The zero-order valence-corrected chi connectivity index (χ0v) is 19.4. The lowest BCUT2D eigenvalue weighted by atomic mass is 10.0. The minimum absolute atomic E-state index is 0. The molecule has 0 unspecified atom stereocenters. The molecule has 158 valence electrons.